The van der Waals surface area contributed by atoms with Crippen molar-refractivity contribution >= 4 is 23.4 Å². The number of halogens is 1. The van der Waals surface area contributed by atoms with Gasteiger partial charge in [0.2, 0.25) is 5.91 Å². The Hall–Kier alpha value is -3.31. The summed E-state index contributed by atoms with van der Waals surface area (Å²) < 4.78 is 5.80. The van der Waals surface area contributed by atoms with Crippen molar-refractivity contribution in [3.8, 4) is 5.75 Å². The van der Waals surface area contributed by atoms with Gasteiger partial charge in [0.05, 0.1) is 0 Å². The predicted molar refractivity (Wildman–Crippen MR) is 141 cm³/mol. The average Bonchev–Trinajstić information content (AvgIpc) is 2.87. The first-order chi connectivity index (χ1) is 16.9. The van der Waals surface area contributed by atoms with E-state index in [-0.39, 0.29) is 31.0 Å². The van der Waals surface area contributed by atoms with E-state index in [1.54, 1.807) is 11.0 Å². The maximum atomic E-state index is 13.6. The lowest BCUT2D eigenvalue weighted by molar-refractivity contribution is -0.143. The van der Waals surface area contributed by atoms with Crippen LogP contribution >= 0.6 is 11.6 Å². The molecule has 0 bridgehead atoms. The number of aryl methyl sites for hydroxylation is 1. The van der Waals surface area contributed by atoms with E-state index in [4.69, 9.17) is 16.3 Å². The Morgan fingerprint density at radius 1 is 0.971 bits per heavy atom. The van der Waals surface area contributed by atoms with E-state index >= 15 is 0 Å². The average molecular weight is 493 g/mol. The Balaban J connectivity index is 1.91. The highest BCUT2D eigenvalue weighted by atomic mass is 35.5. The molecule has 1 N–H and O–H groups in total. The third kappa shape index (κ3) is 7.86. The van der Waals surface area contributed by atoms with E-state index < -0.39 is 6.04 Å². The first-order valence-electron chi connectivity index (χ1n) is 11.9. The molecule has 0 saturated carbocycles. The molecule has 6 heteroatoms. The van der Waals surface area contributed by atoms with Crippen LogP contribution in [-0.2, 0) is 22.6 Å². The van der Waals surface area contributed by atoms with Crippen molar-refractivity contribution in [2.45, 2.75) is 52.2 Å². The summed E-state index contributed by atoms with van der Waals surface area (Å²) in [6, 6.07) is 23.9. The van der Waals surface area contributed by atoms with Crippen LogP contribution in [0.1, 0.15) is 37.0 Å². The molecule has 0 saturated heterocycles. The highest BCUT2D eigenvalue weighted by molar-refractivity contribution is 6.31. The molecular formula is C29H33ClN2O3. The summed E-state index contributed by atoms with van der Waals surface area (Å²) >= 11 is 6.44. The summed E-state index contributed by atoms with van der Waals surface area (Å²) in [5.41, 5.74) is 2.84. The Bertz CT molecular complexity index is 1100. The first kappa shape index (κ1) is 26.3. The van der Waals surface area contributed by atoms with Gasteiger partial charge in [0.25, 0.3) is 5.91 Å². The van der Waals surface area contributed by atoms with E-state index in [2.05, 4.69) is 5.32 Å². The molecule has 0 aliphatic carbocycles. The zero-order valence-corrected chi connectivity index (χ0v) is 21.3. The smallest absolute Gasteiger partial charge is 0.261 e. The van der Waals surface area contributed by atoms with Crippen molar-refractivity contribution in [1.82, 2.24) is 10.2 Å². The molecule has 3 aromatic carbocycles. The lowest BCUT2D eigenvalue weighted by atomic mass is 10.0. The zero-order valence-electron chi connectivity index (χ0n) is 20.5. The van der Waals surface area contributed by atoms with Gasteiger partial charge in [-0.2, -0.15) is 0 Å². The van der Waals surface area contributed by atoms with E-state index in [1.807, 2.05) is 93.6 Å². The number of carbonyl (C=O) groups excluding carboxylic acids is 2. The van der Waals surface area contributed by atoms with E-state index in [0.717, 1.165) is 23.1 Å². The molecule has 35 heavy (non-hydrogen) atoms. The van der Waals surface area contributed by atoms with Gasteiger partial charge in [-0.05, 0) is 49.6 Å². The molecule has 0 unspecified atom stereocenters. The van der Waals surface area contributed by atoms with Gasteiger partial charge in [-0.15, -0.1) is 0 Å². The van der Waals surface area contributed by atoms with Gasteiger partial charge < -0.3 is 15.0 Å². The Labute approximate surface area is 213 Å². The van der Waals surface area contributed by atoms with Crippen molar-refractivity contribution in [3.05, 3.63) is 101 Å². The number of hydrogen-bond acceptors (Lipinski definition) is 3. The highest BCUT2D eigenvalue weighted by Crippen LogP contribution is 2.21. The monoisotopic (exact) mass is 492 g/mol. The second-order valence-corrected chi connectivity index (χ2v) is 9.15. The number of benzene rings is 3. The van der Waals surface area contributed by atoms with Crippen molar-refractivity contribution in [1.29, 1.82) is 0 Å². The lowest BCUT2D eigenvalue weighted by Gasteiger charge is -2.32. The number of nitrogens with one attached hydrogen (secondary N) is 1. The third-order valence-electron chi connectivity index (χ3n) is 5.95. The van der Waals surface area contributed by atoms with E-state index in [1.165, 1.54) is 0 Å². The Morgan fingerprint density at radius 2 is 1.63 bits per heavy atom. The molecule has 0 radical (unpaired) electrons. The number of amides is 2. The summed E-state index contributed by atoms with van der Waals surface area (Å²) in [7, 11) is 0. The van der Waals surface area contributed by atoms with Gasteiger partial charge in [0.15, 0.2) is 6.61 Å². The van der Waals surface area contributed by atoms with Gasteiger partial charge >= 0.3 is 0 Å². The van der Waals surface area contributed by atoms with Crippen LogP contribution in [0.15, 0.2) is 78.9 Å². The van der Waals surface area contributed by atoms with E-state index in [9.17, 15) is 9.59 Å². The fourth-order valence-corrected chi connectivity index (χ4v) is 3.86. The minimum absolute atomic E-state index is 0.0122. The molecule has 0 fully saturated rings. The summed E-state index contributed by atoms with van der Waals surface area (Å²) in [5, 5.41) is 3.61. The second kappa shape index (κ2) is 13.0. The van der Waals surface area contributed by atoms with Gasteiger partial charge in [0.1, 0.15) is 11.8 Å². The Morgan fingerprint density at radius 3 is 2.29 bits per heavy atom. The minimum Gasteiger partial charge on any atom is -0.484 e. The van der Waals surface area contributed by atoms with Crippen molar-refractivity contribution in [2.75, 3.05) is 6.61 Å². The molecule has 184 valence electrons. The van der Waals surface area contributed by atoms with Crippen LogP contribution in [0.3, 0.4) is 0 Å². The summed E-state index contributed by atoms with van der Waals surface area (Å²) in [4.78, 5) is 28.6. The molecule has 0 aromatic heterocycles. The van der Waals surface area contributed by atoms with Crippen molar-refractivity contribution < 1.29 is 14.3 Å². The molecule has 2 atom stereocenters. The molecule has 0 aliphatic rings. The number of ether oxygens (including phenoxy) is 1. The number of rotatable bonds is 11. The third-order valence-corrected chi connectivity index (χ3v) is 6.32. The molecule has 2 amide bonds. The fraction of sp³-hybridized carbons (Fsp3) is 0.310. The maximum Gasteiger partial charge on any atom is 0.261 e. The van der Waals surface area contributed by atoms with Crippen LogP contribution in [0.25, 0.3) is 0 Å². The molecule has 3 rings (SSSR count). The standard InChI is InChI=1S/C29H33ClN2O3/c1-4-22(3)31-29(34)27(18-23-10-6-5-7-11-23)32(19-24-12-8-9-13-26(24)30)28(33)20-35-25-16-14-21(2)15-17-25/h5-17,22,27H,4,18-20H2,1-3H3,(H,31,34)/t22-,27+/m1/s1. The summed E-state index contributed by atoms with van der Waals surface area (Å²) in [6.45, 7) is 5.97. The fourth-order valence-electron chi connectivity index (χ4n) is 3.67. The van der Waals surface area contributed by atoms with Gasteiger partial charge in [-0.25, -0.2) is 0 Å². The number of nitrogens with zero attached hydrogens (tertiary/aromatic N) is 1. The number of carbonyl (C=O) groups is 2. The molecule has 0 aliphatic heterocycles. The van der Waals surface area contributed by atoms with Gasteiger partial charge in [0, 0.05) is 24.0 Å². The van der Waals surface area contributed by atoms with Gasteiger partial charge in [-0.1, -0.05) is 84.8 Å². The molecule has 0 spiro atoms. The SMILES string of the molecule is CC[C@@H](C)NC(=O)[C@H](Cc1ccccc1)N(Cc1ccccc1Cl)C(=O)COc1ccc(C)cc1. The first-order valence-corrected chi connectivity index (χ1v) is 12.3. The summed E-state index contributed by atoms with van der Waals surface area (Å²) in [5.74, 6) is 0.120. The quantitative estimate of drug-likeness (QED) is 0.380. The minimum atomic E-state index is -0.725. The topological polar surface area (TPSA) is 58.6 Å². The van der Waals surface area contributed by atoms with Crippen LogP contribution in [0.5, 0.6) is 5.75 Å². The normalized spacial score (nSPS) is 12.5. The van der Waals surface area contributed by atoms with Crippen LogP contribution in [0, 0.1) is 6.92 Å². The largest absolute Gasteiger partial charge is 0.484 e. The van der Waals surface area contributed by atoms with Crippen LogP contribution in [-0.4, -0.2) is 35.4 Å². The lowest BCUT2D eigenvalue weighted by Crippen LogP contribution is -2.53. The van der Waals surface area contributed by atoms with Crippen LogP contribution in [0.2, 0.25) is 5.02 Å². The van der Waals surface area contributed by atoms with Crippen molar-refractivity contribution in [3.63, 3.8) is 0 Å². The predicted octanol–water partition coefficient (Wildman–Crippen LogP) is 5.58. The highest BCUT2D eigenvalue weighted by Gasteiger charge is 2.31. The van der Waals surface area contributed by atoms with Crippen LogP contribution < -0.4 is 10.1 Å². The maximum absolute atomic E-state index is 13.6. The molecule has 3 aromatic rings. The Kier molecular flexibility index (Phi) is 9.74. The second-order valence-electron chi connectivity index (χ2n) is 8.74. The van der Waals surface area contributed by atoms with E-state index in [0.29, 0.717) is 17.2 Å². The molecule has 5 nitrogen and oxygen atoms in total. The number of hydrogen-bond donors (Lipinski definition) is 1. The zero-order chi connectivity index (χ0) is 25.2. The molecular weight excluding hydrogens is 460 g/mol. The van der Waals surface area contributed by atoms with Crippen molar-refractivity contribution in [2.24, 2.45) is 0 Å². The van der Waals surface area contributed by atoms with Gasteiger partial charge in [-0.3, -0.25) is 9.59 Å². The summed E-state index contributed by atoms with van der Waals surface area (Å²) in [6.07, 6.45) is 1.17. The van der Waals surface area contributed by atoms with Crippen LogP contribution in [0.4, 0.5) is 0 Å². The molecule has 0 heterocycles.